The van der Waals surface area contributed by atoms with Crippen LogP contribution in [0.1, 0.15) is 24.3 Å². The molecule has 2 amide bonds. The number of carbonyl (C=O) groups is 2. The Morgan fingerprint density at radius 3 is 2.79 bits per heavy atom. The molecule has 104 valence electrons. The summed E-state index contributed by atoms with van der Waals surface area (Å²) in [7, 11) is 1.73. The fourth-order valence-electron chi connectivity index (χ4n) is 1.40. The van der Waals surface area contributed by atoms with E-state index in [1.54, 1.807) is 11.9 Å². The average Bonchev–Trinajstić information content (AvgIpc) is 2.73. The first-order valence-corrected chi connectivity index (χ1v) is 6.76. The van der Waals surface area contributed by atoms with Gasteiger partial charge in [-0.2, -0.15) is 0 Å². The number of amides is 2. The van der Waals surface area contributed by atoms with Gasteiger partial charge in [-0.25, -0.2) is 9.59 Å². The predicted molar refractivity (Wildman–Crippen MR) is 76.1 cm³/mol. The minimum Gasteiger partial charge on any atom is -0.478 e. The highest BCUT2D eigenvalue weighted by atomic mass is 32.1. The minimum atomic E-state index is -0.971. The number of thiophene rings is 1. The van der Waals surface area contributed by atoms with Crippen molar-refractivity contribution in [3.05, 3.63) is 28.0 Å². The molecule has 0 fully saturated rings. The quantitative estimate of drug-likeness (QED) is 0.815. The number of hydrogen-bond acceptors (Lipinski definition) is 3. The van der Waals surface area contributed by atoms with Crippen LogP contribution in [0, 0.1) is 0 Å². The van der Waals surface area contributed by atoms with E-state index >= 15 is 0 Å². The Morgan fingerprint density at radius 2 is 2.21 bits per heavy atom. The first kappa shape index (κ1) is 15.2. The van der Waals surface area contributed by atoms with Crippen molar-refractivity contribution in [1.82, 2.24) is 10.2 Å². The highest BCUT2D eigenvalue weighted by Gasteiger charge is 2.10. The molecule has 0 aromatic carbocycles. The number of carboxylic acid groups (broad SMARTS) is 1. The maximum absolute atomic E-state index is 11.7. The number of aliphatic carboxylic acids is 1. The second-order valence-electron chi connectivity index (χ2n) is 4.48. The number of carboxylic acids is 1. The molecular formula is C13H18N2O3S. The third-order valence-corrected chi connectivity index (χ3v) is 3.18. The van der Waals surface area contributed by atoms with Crippen LogP contribution < -0.4 is 5.32 Å². The van der Waals surface area contributed by atoms with Gasteiger partial charge in [0.25, 0.3) is 0 Å². The maximum atomic E-state index is 11.7. The van der Waals surface area contributed by atoms with Crippen LogP contribution in [-0.2, 0) is 11.3 Å². The van der Waals surface area contributed by atoms with Crippen molar-refractivity contribution in [2.45, 2.75) is 26.4 Å². The first-order valence-electron chi connectivity index (χ1n) is 5.88. The molecule has 19 heavy (non-hydrogen) atoms. The Bertz CT molecular complexity index is 480. The standard InChI is InChI=1S/C13H18N2O3S/c1-9(2)14-13(18)15(3)7-11-6-10(8-19-11)4-5-12(16)17/h4-6,8-9H,7H2,1-3H3,(H,14,18)(H,16,17)/b5-4+. The van der Waals surface area contributed by atoms with Crippen LogP contribution in [0.4, 0.5) is 4.79 Å². The summed E-state index contributed by atoms with van der Waals surface area (Å²) in [6, 6.07) is 1.86. The summed E-state index contributed by atoms with van der Waals surface area (Å²) < 4.78 is 0. The lowest BCUT2D eigenvalue weighted by molar-refractivity contribution is -0.131. The average molecular weight is 282 g/mol. The van der Waals surface area contributed by atoms with E-state index in [0.29, 0.717) is 6.54 Å². The Labute approximate surface area is 116 Å². The molecule has 5 nitrogen and oxygen atoms in total. The number of nitrogens with one attached hydrogen (secondary N) is 1. The molecule has 0 radical (unpaired) electrons. The molecular weight excluding hydrogens is 264 g/mol. The zero-order valence-electron chi connectivity index (χ0n) is 11.2. The zero-order chi connectivity index (χ0) is 14.4. The van der Waals surface area contributed by atoms with Gasteiger partial charge in [-0.15, -0.1) is 11.3 Å². The Kier molecular flexibility index (Phi) is 5.57. The highest BCUT2D eigenvalue weighted by molar-refractivity contribution is 7.10. The van der Waals surface area contributed by atoms with Crippen LogP contribution in [0.25, 0.3) is 6.08 Å². The highest BCUT2D eigenvalue weighted by Crippen LogP contribution is 2.17. The van der Waals surface area contributed by atoms with Crippen LogP contribution in [-0.4, -0.2) is 35.1 Å². The van der Waals surface area contributed by atoms with Crippen molar-refractivity contribution < 1.29 is 14.7 Å². The largest absolute Gasteiger partial charge is 0.478 e. The van der Waals surface area contributed by atoms with Crippen molar-refractivity contribution in [3.63, 3.8) is 0 Å². The molecule has 0 atom stereocenters. The van der Waals surface area contributed by atoms with Gasteiger partial charge in [0.2, 0.25) is 0 Å². The molecule has 0 aliphatic carbocycles. The lowest BCUT2D eigenvalue weighted by atomic mass is 10.3. The van der Waals surface area contributed by atoms with Crippen LogP contribution in [0.15, 0.2) is 17.5 Å². The molecule has 6 heteroatoms. The van der Waals surface area contributed by atoms with E-state index in [4.69, 9.17) is 5.11 Å². The van der Waals surface area contributed by atoms with Gasteiger partial charge in [0.15, 0.2) is 0 Å². The monoisotopic (exact) mass is 282 g/mol. The van der Waals surface area contributed by atoms with Crippen molar-refractivity contribution >= 4 is 29.4 Å². The molecule has 0 bridgehead atoms. The van der Waals surface area contributed by atoms with E-state index in [2.05, 4.69) is 5.32 Å². The second-order valence-corrected chi connectivity index (χ2v) is 5.47. The molecule has 0 aliphatic rings. The number of carbonyl (C=O) groups excluding carboxylic acids is 1. The van der Waals surface area contributed by atoms with Gasteiger partial charge in [-0.05, 0) is 36.9 Å². The summed E-state index contributed by atoms with van der Waals surface area (Å²) >= 11 is 1.50. The van der Waals surface area contributed by atoms with E-state index in [-0.39, 0.29) is 12.1 Å². The lowest BCUT2D eigenvalue weighted by Crippen LogP contribution is -2.40. The maximum Gasteiger partial charge on any atom is 0.328 e. The fraction of sp³-hybridized carbons (Fsp3) is 0.385. The number of hydrogen-bond donors (Lipinski definition) is 2. The molecule has 1 aromatic heterocycles. The van der Waals surface area contributed by atoms with Crippen LogP contribution >= 0.6 is 11.3 Å². The van der Waals surface area contributed by atoms with E-state index < -0.39 is 5.97 Å². The van der Waals surface area contributed by atoms with Gasteiger partial charge in [-0.1, -0.05) is 0 Å². The molecule has 1 rings (SSSR count). The number of nitrogens with zero attached hydrogens (tertiary/aromatic N) is 1. The summed E-state index contributed by atoms with van der Waals surface area (Å²) in [5, 5.41) is 13.2. The predicted octanol–water partition coefficient (Wildman–Crippen LogP) is 2.40. The van der Waals surface area contributed by atoms with E-state index in [1.165, 1.54) is 17.4 Å². The summed E-state index contributed by atoms with van der Waals surface area (Å²) in [4.78, 5) is 24.7. The van der Waals surface area contributed by atoms with Gasteiger partial charge in [0.05, 0.1) is 6.54 Å². The number of urea groups is 1. The normalized spacial score (nSPS) is 10.9. The van der Waals surface area contributed by atoms with Gasteiger partial charge in [-0.3, -0.25) is 0 Å². The molecule has 0 saturated heterocycles. The van der Waals surface area contributed by atoms with E-state index in [1.807, 2.05) is 25.3 Å². The van der Waals surface area contributed by atoms with Crippen LogP contribution in [0.2, 0.25) is 0 Å². The third kappa shape index (κ3) is 5.56. The number of rotatable bonds is 5. The van der Waals surface area contributed by atoms with E-state index in [0.717, 1.165) is 16.5 Å². The molecule has 1 heterocycles. The lowest BCUT2D eigenvalue weighted by Gasteiger charge is -2.18. The van der Waals surface area contributed by atoms with Gasteiger partial charge in [0.1, 0.15) is 0 Å². The van der Waals surface area contributed by atoms with Gasteiger partial charge in [0, 0.05) is 24.0 Å². The van der Waals surface area contributed by atoms with Crippen LogP contribution in [0.3, 0.4) is 0 Å². The van der Waals surface area contributed by atoms with Crippen molar-refractivity contribution in [1.29, 1.82) is 0 Å². The Hall–Kier alpha value is -1.82. The summed E-state index contributed by atoms with van der Waals surface area (Å²) in [6.45, 7) is 4.32. The zero-order valence-corrected chi connectivity index (χ0v) is 12.0. The molecule has 0 spiro atoms. The van der Waals surface area contributed by atoms with Crippen molar-refractivity contribution in [3.8, 4) is 0 Å². The van der Waals surface area contributed by atoms with Crippen molar-refractivity contribution in [2.75, 3.05) is 7.05 Å². The van der Waals surface area contributed by atoms with E-state index in [9.17, 15) is 9.59 Å². The Morgan fingerprint density at radius 1 is 1.53 bits per heavy atom. The SMILES string of the molecule is CC(C)NC(=O)N(C)Cc1cc(/C=C/C(=O)O)cs1. The molecule has 1 aromatic rings. The molecule has 0 aliphatic heterocycles. The van der Waals surface area contributed by atoms with Gasteiger partial charge >= 0.3 is 12.0 Å². The minimum absolute atomic E-state index is 0.104. The smallest absolute Gasteiger partial charge is 0.328 e. The summed E-state index contributed by atoms with van der Waals surface area (Å²) in [5.74, 6) is -0.971. The summed E-state index contributed by atoms with van der Waals surface area (Å²) in [5.41, 5.74) is 0.833. The molecule has 2 N–H and O–H groups in total. The molecule has 0 unspecified atom stereocenters. The summed E-state index contributed by atoms with van der Waals surface area (Å²) in [6.07, 6.45) is 2.64. The van der Waals surface area contributed by atoms with Crippen molar-refractivity contribution in [2.24, 2.45) is 0 Å². The topological polar surface area (TPSA) is 69.6 Å². The second kappa shape index (κ2) is 6.94. The fourth-order valence-corrected chi connectivity index (χ4v) is 2.30. The first-order chi connectivity index (χ1) is 8.88. The Balaban J connectivity index is 2.58. The molecule has 0 saturated carbocycles. The van der Waals surface area contributed by atoms with Crippen LogP contribution in [0.5, 0.6) is 0 Å². The van der Waals surface area contributed by atoms with Gasteiger partial charge < -0.3 is 15.3 Å². The third-order valence-electron chi connectivity index (χ3n) is 2.24.